The molecule has 3 aliphatic rings. The third-order valence-electron chi connectivity index (χ3n) is 7.98. The highest BCUT2D eigenvalue weighted by atomic mass is 35.5. The number of hydrogen-bond acceptors (Lipinski definition) is 5. The summed E-state index contributed by atoms with van der Waals surface area (Å²) in [5, 5.41) is 9.11. The molecule has 35 heavy (non-hydrogen) atoms. The Kier molecular flexibility index (Phi) is 10.5. The number of rotatable bonds is 8. The third kappa shape index (κ3) is 6.81. The molecule has 2 aromatic rings. The molecule has 194 valence electrons. The predicted molar refractivity (Wildman–Crippen MR) is 146 cm³/mol. The number of hydrogen-bond donors (Lipinski definition) is 0. The number of nitrogens with zero attached hydrogens (tertiary/aromatic N) is 3. The fourth-order valence-electron chi connectivity index (χ4n) is 5.95. The molecule has 5 nitrogen and oxygen atoms in total. The van der Waals surface area contributed by atoms with E-state index in [4.69, 9.17) is 9.47 Å². The van der Waals surface area contributed by atoms with Crippen molar-refractivity contribution in [3.05, 3.63) is 36.0 Å². The molecule has 5 rings (SSSR count). The second kappa shape index (κ2) is 13.1. The number of piperidine rings is 1. The highest BCUT2D eigenvalue weighted by Crippen LogP contribution is 2.36. The Bertz CT molecular complexity index is 907. The zero-order valence-corrected chi connectivity index (χ0v) is 22.8. The molecule has 0 N–H and O–H groups in total. The van der Waals surface area contributed by atoms with Gasteiger partial charge in [0.05, 0.1) is 11.8 Å². The molecule has 7 heteroatoms. The van der Waals surface area contributed by atoms with Crippen LogP contribution in [0.1, 0.15) is 83.2 Å². The van der Waals surface area contributed by atoms with Crippen molar-refractivity contribution < 1.29 is 9.47 Å². The van der Waals surface area contributed by atoms with Crippen LogP contribution in [0, 0.1) is 0 Å². The van der Waals surface area contributed by atoms with Gasteiger partial charge in [0, 0.05) is 23.7 Å². The van der Waals surface area contributed by atoms with E-state index in [0.29, 0.717) is 24.1 Å². The zero-order chi connectivity index (χ0) is 22.6. The number of benzene rings is 1. The number of halogens is 2. The molecule has 1 aromatic heterocycles. The van der Waals surface area contributed by atoms with Gasteiger partial charge < -0.3 is 14.4 Å². The standard InChI is InChI=1S/C28H39N3O2.2ClH/c1-3-4-10-27-26(20-11-15-24(16-12-20)32-23-8-6-5-7-9-23)19-28(30-29-27)33-25-17-21-13-14-22(18-25)31(21)2;;/h11-12,15-16,19,21-23,25H,3-10,13-14,17-18H2,1-2H3;2*1H/t21-,22+,25?;;. The van der Waals surface area contributed by atoms with Gasteiger partial charge >= 0.3 is 0 Å². The molecule has 0 radical (unpaired) electrons. The molecule has 1 saturated carbocycles. The first kappa shape index (κ1) is 28.0. The monoisotopic (exact) mass is 521 g/mol. The SMILES string of the molecule is CCCCc1nnc(OC2C[C@H]3CC[C@@H](C2)N3C)cc1-c1ccc(OC2CCCCC2)cc1.Cl.Cl. The van der Waals surface area contributed by atoms with Crippen LogP contribution in [0.15, 0.2) is 30.3 Å². The normalized spacial score (nSPS) is 24.3. The largest absolute Gasteiger partial charge is 0.490 e. The highest BCUT2D eigenvalue weighted by Gasteiger charge is 2.39. The van der Waals surface area contributed by atoms with Gasteiger partial charge in [-0.2, -0.15) is 5.10 Å². The summed E-state index contributed by atoms with van der Waals surface area (Å²) in [7, 11) is 2.26. The minimum absolute atomic E-state index is 0. The van der Waals surface area contributed by atoms with E-state index >= 15 is 0 Å². The van der Waals surface area contributed by atoms with Crippen molar-refractivity contribution in [1.82, 2.24) is 15.1 Å². The molecule has 0 spiro atoms. The van der Waals surface area contributed by atoms with E-state index in [-0.39, 0.29) is 30.9 Å². The fraction of sp³-hybridized carbons (Fsp3) is 0.643. The molecule has 0 amide bonds. The van der Waals surface area contributed by atoms with E-state index in [1.165, 1.54) is 50.5 Å². The Balaban J connectivity index is 0.00000171. The smallest absolute Gasteiger partial charge is 0.234 e. The quantitative estimate of drug-likeness (QED) is 0.372. The number of fused-ring (bicyclic) bond motifs is 2. The number of aryl methyl sites for hydroxylation is 1. The van der Waals surface area contributed by atoms with E-state index in [9.17, 15) is 0 Å². The predicted octanol–water partition coefficient (Wildman–Crippen LogP) is 7.05. The summed E-state index contributed by atoms with van der Waals surface area (Å²) in [6.07, 6.45) is 14.9. The maximum atomic E-state index is 6.41. The van der Waals surface area contributed by atoms with Gasteiger partial charge in [-0.15, -0.1) is 29.9 Å². The first-order valence-electron chi connectivity index (χ1n) is 13.2. The van der Waals surface area contributed by atoms with Crippen LogP contribution in [-0.4, -0.2) is 46.4 Å². The average molecular weight is 523 g/mol. The molecule has 3 atom stereocenters. The lowest BCUT2D eigenvalue weighted by Crippen LogP contribution is -2.43. The van der Waals surface area contributed by atoms with Crippen molar-refractivity contribution >= 4 is 24.8 Å². The van der Waals surface area contributed by atoms with Gasteiger partial charge in [0.15, 0.2) is 0 Å². The summed E-state index contributed by atoms with van der Waals surface area (Å²) in [5.74, 6) is 1.64. The Labute approximate surface area is 223 Å². The molecular weight excluding hydrogens is 481 g/mol. The van der Waals surface area contributed by atoms with Crippen molar-refractivity contribution in [3.8, 4) is 22.8 Å². The zero-order valence-electron chi connectivity index (χ0n) is 21.2. The Morgan fingerprint density at radius 1 is 0.857 bits per heavy atom. The Morgan fingerprint density at radius 3 is 2.20 bits per heavy atom. The van der Waals surface area contributed by atoms with E-state index < -0.39 is 0 Å². The van der Waals surface area contributed by atoms with E-state index in [0.717, 1.165) is 49.1 Å². The number of unbranched alkanes of at least 4 members (excludes halogenated alkanes) is 1. The van der Waals surface area contributed by atoms with Crippen LogP contribution >= 0.6 is 24.8 Å². The second-order valence-electron chi connectivity index (χ2n) is 10.3. The van der Waals surface area contributed by atoms with Gasteiger partial charge in [-0.1, -0.05) is 31.9 Å². The summed E-state index contributed by atoms with van der Waals surface area (Å²) in [6, 6.07) is 12.0. The minimum atomic E-state index is 0. The van der Waals surface area contributed by atoms with Crippen LogP contribution in [0.2, 0.25) is 0 Å². The van der Waals surface area contributed by atoms with Crippen molar-refractivity contribution in [3.63, 3.8) is 0 Å². The Hall–Kier alpha value is -1.56. The lowest BCUT2D eigenvalue weighted by Gasteiger charge is -2.36. The summed E-state index contributed by atoms with van der Waals surface area (Å²) < 4.78 is 12.6. The molecule has 2 aliphatic heterocycles. The van der Waals surface area contributed by atoms with Crippen LogP contribution in [0.5, 0.6) is 11.6 Å². The maximum Gasteiger partial charge on any atom is 0.234 e. The van der Waals surface area contributed by atoms with Crippen LogP contribution < -0.4 is 9.47 Å². The van der Waals surface area contributed by atoms with Gasteiger partial charge in [0.2, 0.25) is 5.88 Å². The van der Waals surface area contributed by atoms with Crippen LogP contribution in [0.4, 0.5) is 0 Å². The fourth-order valence-corrected chi connectivity index (χ4v) is 5.95. The summed E-state index contributed by atoms with van der Waals surface area (Å²) in [6.45, 7) is 2.22. The number of aromatic nitrogens is 2. The molecule has 2 bridgehead atoms. The maximum absolute atomic E-state index is 6.41. The van der Waals surface area contributed by atoms with Crippen molar-refractivity contribution in [1.29, 1.82) is 0 Å². The summed E-state index contributed by atoms with van der Waals surface area (Å²) >= 11 is 0. The van der Waals surface area contributed by atoms with Crippen LogP contribution in [-0.2, 0) is 6.42 Å². The van der Waals surface area contributed by atoms with Gasteiger partial charge in [0.25, 0.3) is 0 Å². The molecular formula is C28H41Cl2N3O2. The van der Waals surface area contributed by atoms with Crippen LogP contribution in [0.25, 0.3) is 11.1 Å². The van der Waals surface area contributed by atoms with Crippen molar-refractivity contribution in [2.24, 2.45) is 0 Å². The average Bonchev–Trinajstić information content (AvgIpc) is 3.04. The van der Waals surface area contributed by atoms with Crippen molar-refractivity contribution in [2.75, 3.05) is 7.05 Å². The molecule has 1 unspecified atom stereocenters. The molecule has 2 saturated heterocycles. The van der Waals surface area contributed by atoms with Gasteiger partial charge in [-0.05, 0) is 89.0 Å². The first-order valence-corrected chi connectivity index (χ1v) is 13.2. The molecule has 3 fully saturated rings. The van der Waals surface area contributed by atoms with E-state index in [1.54, 1.807) is 0 Å². The van der Waals surface area contributed by atoms with E-state index in [2.05, 4.69) is 59.4 Å². The summed E-state index contributed by atoms with van der Waals surface area (Å²) in [5.41, 5.74) is 3.38. The third-order valence-corrected chi connectivity index (χ3v) is 7.98. The molecule has 1 aliphatic carbocycles. The highest BCUT2D eigenvalue weighted by molar-refractivity contribution is 5.85. The minimum Gasteiger partial charge on any atom is -0.490 e. The van der Waals surface area contributed by atoms with Gasteiger partial charge in [0.1, 0.15) is 11.9 Å². The topological polar surface area (TPSA) is 47.5 Å². The van der Waals surface area contributed by atoms with E-state index in [1.807, 2.05) is 0 Å². The Morgan fingerprint density at radius 2 is 1.54 bits per heavy atom. The van der Waals surface area contributed by atoms with Gasteiger partial charge in [-0.25, -0.2) is 0 Å². The number of ether oxygens (including phenoxy) is 2. The molecule has 3 heterocycles. The van der Waals surface area contributed by atoms with Gasteiger partial charge in [-0.3, -0.25) is 0 Å². The molecule has 1 aromatic carbocycles. The second-order valence-corrected chi connectivity index (χ2v) is 10.3. The lowest BCUT2D eigenvalue weighted by atomic mass is 9.97. The van der Waals surface area contributed by atoms with Crippen LogP contribution in [0.3, 0.4) is 0 Å². The first-order chi connectivity index (χ1) is 16.2. The summed E-state index contributed by atoms with van der Waals surface area (Å²) in [4.78, 5) is 2.54. The van der Waals surface area contributed by atoms with Crippen molar-refractivity contribution in [2.45, 2.75) is 108 Å². The lowest BCUT2D eigenvalue weighted by molar-refractivity contribution is 0.0626.